The van der Waals surface area contributed by atoms with Crippen molar-refractivity contribution in [3.05, 3.63) is 23.3 Å². The van der Waals surface area contributed by atoms with E-state index in [0.29, 0.717) is 17.6 Å². The van der Waals surface area contributed by atoms with Gasteiger partial charge in [0.1, 0.15) is 0 Å². The Morgan fingerprint density at radius 3 is 2.50 bits per heavy atom. The Labute approximate surface area is 146 Å². The minimum absolute atomic E-state index is 0.00912. The van der Waals surface area contributed by atoms with Gasteiger partial charge in [-0.05, 0) is 49.2 Å². The van der Waals surface area contributed by atoms with Gasteiger partial charge in [0.25, 0.3) is 0 Å². The van der Waals surface area contributed by atoms with E-state index in [1.54, 1.807) is 12.2 Å². The lowest BCUT2D eigenvalue weighted by Crippen LogP contribution is -2.29. The first-order valence-electron chi connectivity index (χ1n) is 9.55. The van der Waals surface area contributed by atoms with Gasteiger partial charge < -0.3 is 5.11 Å². The maximum atomic E-state index is 12.7. The highest BCUT2D eigenvalue weighted by Crippen LogP contribution is 2.38. The van der Waals surface area contributed by atoms with Crippen molar-refractivity contribution in [2.24, 2.45) is 11.3 Å². The molecule has 2 rings (SSSR count). The summed E-state index contributed by atoms with van der Waals surface area (Å²) in [5, 5.41) is 9.85. The molecule has 0 saturated heterocycles. The van der Waals surface area contributed by atoms with Crippen molar-refractivity contribution < 1.29 is 14.7 Å². The van der Waals surface area contributed by atoms with Crippen LogP contribution >= 0.6 is 0 Å². The smallest absolute Gasteiger partial charge is 0.182 e. The van der Waals surface area contributed by atoms with Crippen molar-refractivity contribution in [3.8, 4) is 0 Å². The third-order valence-corrected chi connectivity index (χ3v) is 5.58. The lowest BCUT2D eigenvalue weighted by Gasteiger charge is -2.31. The standard InChI is InChI=1S/C21H32O3/c1-4-5-6-7-11-21(2,3)18-14-19(23)17(13-20(18)24)15-9-8-10-16(22)12-15/h13-16,22H,4-12H2,1-3H3/t15-,16+/m1/s1. The van der Waals surface area contributed by atoms with Crippen molar-refractivity contribution >= 4 is 11.6 Å². The van der Waals surface area contributed by atoms with Gasteiger partial charge in [0.15, 0.2) is 11.6 Å². The van der Waals surface area contributed by atoms with E-state index in [1.807, 2.05) is 0 Å². The lowest BCUT2D eigenvalue weighted by atomic mass is 9.72. The summed E-state index contributed by atoms with van der Waals surface area (Å²) in [4.78, 5) is 25.3. The summed E-state index contributed by atoms with van der Waals surface area (Å²) < 4.78 is 0. The molecule has 0 unspecified atom stereocenters. The van der Waals surface area contributed by atoms with Crippen LogP contribution in [-0.2, 0) is 9.59 Å². The molecule has 3 heteroatoms. The number of hydrogen-bond acceptors (Lipinski definition) is 3. The molecule has 0 bridgehead atoms. The van der Waals surface area contributed by atoms with E-state index < -0.39 is 0 Å². The third-order valence-electron chi connectivity index (χ3n) is 5.58. The van der Waals surface area contributed by atoms with Gasteiger partial charge >= 0.3 is 0 Å². The van der Waals surface area contributed by atoms with E-state index in [-0.39, 0.29) is 29.0 Å². The van der Waals surface area contributed by atoms with Crippen LogP contribution in [0.3, 0.4) is 0 Å². The summed E-state index contributed by atoms with van der Waals surface area (Å²) in [6.45, 7) is 6.32. The SMILES string of the molecule is CCCCCCC(C)(C)C1=CC(=O)C([C@@H]2CCC[C@H](O)C2)=CC1=O. The summed E-state index contributed by atoms with van der Waals surface area (Å²) >= 11 is 0. The van der Waals surface area contributed by atoms with Crippen molar-refractivity contribution in [1.82, 2.24) is 0 Å². The molecule has 0 aromatic carbocycles. The van der Waals surface area contributed by atoms with Crippen molar-refractivity contribution in [2.75, 3.05) is 0 Å². The maximum Gasteiger partial charge on any atom is 0.182 e. The topological polar surface area (TPSA) is 54.4 Å². The first-order chi connectivity index (χ1) is 11.3. The summed E-state index contributed by atoms with van der Waals surface area (Å²) in [6.07, 6.45) is 11.6. The largest absolute Gasteiger partial charge is 0.393 e. The summed E-state index contributed by atoms with van der Waals surface area (Å²) in [5.41, 5.74) is 1.02. The molecule has 2 aliphatic carbocycles. The molecule has 134 valence electrons. The van der Waals surface area contributed by atoms with Crippen LogP contribution in [0.5, 0.6) is 0 Å². The molecule has 1 fully saturated rings. The molecule has 3 nitrogen and oxygen atoms in total. The van der Waals surface area contributed by atoms with Gasteiger partial charge in [-0.15, -0.1) is 0 Å². The van der Waals surface area contributed by atoms with E-state index in [2.05, 4.69) is 20.8 Å². The predicted octanol–water partition coefficient (Wildman–Crippen LogP) is 4.54. The fourth-order valence-corrected chi connectivity index (χ4v) is 4.00. The molecule has 0 heterocycles. The fourth-order valence-electron chi connectivity index (χ4n) is 4.00. The highest BCUT2D eigenvalue weighted by Gasteiger charge is 2.34. The van der Waals surface area contributed by atoms with Gasteiger partial charge in [-0.2, -0.15) is 0 Å². The zero-order valence-electron chi connectivity index (χ0n) is 15.4. The summed E-state index contributed by atoms with van der Waals surface area (Å²) in [5.74, 6) is 0.00570. The Hall–Kier alpha value is -1.22. The molecule has 2 aliphatic rings. The minimum atomic E-state index is -0.340. The lowest BCUT2D eigenvalue weighted by molar-refractivity contribution is -0.116. The molecule has 1 saturated carbocycles. The van der Waals surface area contributed by atoms with E-state index >= 15 is 0 Å². The maximum absolute atomic E-state index is 12.7. The summed E-state index contributed by atoms with van der Waals surface area (Å²) in [6, 6.07) is 0. The highest BCUT2D eigenvalue weighted by molar-refractivity contribution is 6.20. The average molecular weight is 332 g/mol. The van der Waals surface area contributed by atoms with Crippen LogP contribution in [0.1, 0.15) is 78.6 Å². The third kappa shape index (κ3) is 4.66. The Kier molecular flexibility index (Phi) is 6.56. The van der Waals surface area contributed by atoms with Gasteiger partial charge in [0.05, 0.1) is 6.10 Å². The monoisotopic (exact) mass is 332 g/mol. The highest BCUT2D eigenvalue weighted by atomic mass is 16.3. The normalized spacial score (nSPS) is 25.5. The number of ketones is 2. The number of carbonyl (C=O) groups excluding carboxylic acids is 2. The van der Waals surface area contributed by atoms with Crippen LogP contribution in [0, 0.1) is 11.3 Å². The second-order valence-corrected chi connectivity index (χ2v) is 8.10. The van der Waals surface area contributed by atoms with Crippen LogP contribution in [0.2, 0.25) is 0 Å². The van der Waals surface area contributed by atoms with Gasteiger partial charge in [0, 0.05) is 11.1 Å². The second-order valence-electron chi connectivity index (χ2n) is 8.10. The molecular weight excluding hydrogens is 300 g/mol. The van der Waals surface area contributed by atoms with Crippen LogP contribution in [0.4, 0.5) is 0 Å². The van der Waals surface area contributed by atoms with E-state index in [1.165, 1.54) is 19.3 Å². The van der Waals surface area contributed by atoms with Crippen LogP contribution in [-0.4, -0.2) is 22.8 Å². The first-order valence-corrected chi connectivity index (χ1v) is 9.55. The number of aliphatic hydroxyl groups excluding tert-OH is 1. The summed E-state index contributed by atoms with van der Waals surface area (Å²) in [7, 11) is 0. The molecule has 0 amide bonds. The number of hydrogen-bond donors (Lipinski definition) is 1. The van der Waals surface area contributed by atoms with Crippen molar-refractivity contribution in [3.63, 3.8) is 0 Å². The van der Waals surface area contributed by atoms with Crippen LogP contribution < -0.4 is 0 Å². The average Bonchev–Trinajstić information content (AvgIpc) is 2.53. The van der Waals surface area contributed by atoms with Crippen molar-refractivity contribution in [2.45, 2.75) is 84.7 Å². The molecule has 0 aliphatic heterocycles. The van der Waals surface area contributed by atoms with Gasteiger partial charge in [-0.25, -0.2) is 0 Å². The molecule has 1 N–H and O–H groups in total. The van der Waals surface area contributed by atoms with E-state index in [0.717, 1.165) is 32.1 Å². The molecule has 0 radical (unpaired) electrons. The van der Waals surface area contributed by atoms with Gasteiger partial charge in [-0.1, -0.05) is 52.9 Å². The number of allylic oxidation sites excluding steroid dienone is 4. The number of carbonyl (C=O) groups is 2. The van der Waals surface area contributed by atoms with Crippen molar-refractivity contribution in [1.29, 1.82) is 0 Å². The minimum Gasteiger partial charge on any atom is -0.393 e. The van der Waals surface area contributed by atoms with Gasteiger partial charge in [0.2, 0.25) is 0 Å². The quantitative estimate of drug-likeness (QED) is 0.550. The molecule has 2 atom stereocenters. The van der Waals surface area contributed by atoms with E-state index in [4.69, 9.17) is 0 Å². The Bertz CT molecular complexity index is 539. The van der Waals surface area contributed by atoms with Crippen LogP contribution in [0.15, 0.2) is 23.3 Å². The second kappa shape index (κ2) is 8.24. The Balaban J connectivity index is 2.06. The molecule has 0 aromatic heterocycles. The predicted molar refractivity (Wildman–Crippen MR) is 96.7 cm³/mol. The van der Waals surface area contributed by atoms with Crippen LogP contribution in [0.25, 0.3) is 0 Å². The van der Waals surface area contributed by atoms with Gasteiger partial charge in [-0.3, -0.25) is 9.59 Å². The molecule has 24 heavy (non-hydrogen) atoms. The Morgan fingerprint density at radius 2 is 1.83 bits per heavy atom. The van der Waals surface area contributed by atoms with E-state index in [9.17, 15) is 14.7 Å². The zero-order chi connectivity index (χ0) is 17.7. The molecule has 0 aromatic rings. The zero-order valence-corrected chi connectivity index (χ0v) is 15.4. The number of rotatable bonds is 7. The first kappa shape index (κ1) is 19.1. The number of unbranched alkanes of at least 4 members (excludes halogenated alkanes) is 3. The number of aliphatic hydroxyl groups is 1. The molecular formula is C21H32O3. The Morgan fingerprint density at radius 1 is 1.08 bits per heavy atom. The molecule has 0 spiro atoms. The fraction of sp³-hybridized carbons (Fsp3) is 0.714.